The monoisotopic (exact) mass is 257 g/mol. The molecule has 1 aromatic rings. The summed E-state index contributed by atoms with van der Waals surface area (Å²) < 4.78 is 35.9. The molecule has 0 saturated heterocycles. The Hall–Kier alpha value is -0.950. The molecule has 3 nitrogen and oxygen atoms in total. The third kappa shape index (κ3) is 3.96. The molecule has 0 heterocycles. The first-order valence-electron chi connectivity index (χ1n) is 3.48. The van der Waals surface area contributed by atoms with Gasteiger partial charge in [0.2, 0.25) is 0 Å². The highest BCUT2D eigenvalue weighted by atomic mass is 35.5. The van der Waals surface area contributed by atoms with Gasteiger partial charge in [-0.25, -0.2) is 0 Å². The molecule has 8 heteroatoms. The van der Waals surface area contributed by atoms with Gasteiger partial charge in [0.1, 0.15) is 0 Å². The van der Waals surface area contributed by atoms with Crippen LogP contribution in [0.4, 0.5) is 18.9 Å². The second-order valence-electron chi connectivity index (χ2n) is 2.45. The Morgan fingerprint density at radius 3 is 2.40 bits per heavy atom. The molecule has 82 valence electrons. The summed E-state index contributed by atoms with van der Waals surface area (Å²) in [5.74, 6) is 0. The second kappa shape index (κ2) is 4.28. The summed E-state index contributed by atoms with van der Waals surface area (Å²) in [4.78, 5) is 9.22. The number of alkyl halides is 3. The number of nitrogens with zero attached hydrogens (tertiary/aromatic N) is 1. The van der Waals surface area contributed by atoms with Gasteiger partial charge in [-0.2, -0.15) is 13.2 Å². The van der Waals surface area contributed by atoms with Gasteiger partial charge in [-0.3, -0.25) is 10.1 Å². The molecule has 0 aliphatic rings. The topological polar surface area (TPSA) is 43.1 Å². The number of halogens is 4. The van der Waals surface area contributed by atoms with Crippen LogP contribution in [-0.2, 0) is 0 Å². The van der Waals surface area contributed by atoms with Crippen molar-refractivity contribution < 1.29 is 18.1 Å². The first kappa shape index (κ1) is 12.1. The molecule has 0 saturated carbocycles. The zero-order valence-electron chi connectivity index (χ0n) is 6.92. The van der Waals surface area contributed by atoms with E-state index in [9.17, 15) is 23.3 Å². The fourth-order valence-electron chi connectivity index (χ4n) is 0.846. The maximum Gasteiger partial charge on any atom is 0.446 e. The van der Waals surface area contributed by atoms with Crippen molar-refractivity contribution in [2.24, 2.45) is 0 Å². The average Bonchev–Trinajstić information content (AvgIpc) is 1.99. The van der Waals surface area contributed by atoms with Crippen molar-refractivity contribution in [1.29, 1.82) is 0 Å². The Morgan fingerprint density at radius 1 is 1.33 bits per heavy atom. The summed E-state index contributed by atoms with van der Waals surface area (Å²) in [7, 11) is 0. The van der Waals surface area contributed by atoms with Gasteiger partial charge < -0.3 is 0 Å². The fraction of sp³-hybridized carbons (Fsp3) is 0.143. The van der Waals surface area contributed by atoms with E-state index in [-0.39, 0.29) is 9.92 Å². The minimum atomic E-state index is -4.49. The Kier molecular flexibility index (Phi) is 3.46. The summed E-state index contributed by atoms with van der Waals surface area (Å²) in [6.45, 7) is 0. The van der Waals surface area contributed by atoms with E-state index in [1.807, 2.05) is 0 Å². The van der Waals surface area contributed by atoms with Crippen LogP contribution in [0.5, 0.6) is 0 Å². The molecule has 0 amide bonds. The molecule has 0 aromatic heterocycles. The maximum atomic E-state index is 12.0. The summed E-state index contributed by atoms with van der Waals surface area (Å²) in [6, 6.07) is 2.83. The van der Waals surface area contributed by atoms with E-state index >= 15 is 0 Å². The molecule has 0 radical (unpaired) electrons. The van der Waals surface area contributed by atoms with Crippen molar-refractivity contribution in [2.75, 3.05) is 0 Å². The lowest BCUT2D eigenvalue weighted by Gasteiger charge is -2.05. The number of hydrogen-bond acceptors (Lipinski definition) is 3. The zero-order valence-corrected chi connectivity index (χ0v) is 8.49. The van der Waals surface area contributed by atoms with E-state index < -0.39 is 27.9 Å². The van der Waals surface area contributed by atoms with E-state index in [2.05, 4.69) is 0 Å². The average molecular weight is 258 g/mol. The van der Waals surface area contributed by atoms with Crippen LogP contribution in [0.25, 0.3) is 0 Å². The van der Waals surface area contributed by atoms with Crippen molar-refractivity contribution in [2.45, 2.75) is 10.4 Å². The van der Waals surface area contributed by atoms with Crippen molar-refractivity contribution in [3.05, 3.63) is 33.3 Å². The summed E-state index contributed by atoms with van der Waals surface area (Å²) in [5.41, 5.74) is -4.95. The van der Waals surface area contributed by atoms with E-state index in [1.165, 1.54) is 0 Å². The van der Waals surface area contributed by atoms with E-state index in [4.69, 9.17) is 11.6 Å². The third-order valence-electron chi connectivity index (χ3n) is 1.30. The van der Waals surface area contributed by atoms with Crippen LogP contribution < -0.4 is 0 Å². The number of hydrogen-bond donors (Lipinski definition) is 0. The second-order valence-corrected chi connectivity index (χ2v) is 4.02. The lowest BCUT2D eigenvalue weighted by molar-refractivity contribution is -0.385. The number of thioether (sulfide) groups is 1. The van der Waals surface area contributed by atoms with E-state index in [0.717, 1.165) is 18.2 Å². The van der Waals surface area contributed by atoms with Crippen LogP contribution in [-0.4, -0.2) is 10.4 Å². The largest absolute Gasteiger partial charge is 0.446 e. The molecule has 0 fully saturated rings. The van der Waals surface area contributed by atoms with Gasteiger partial charge >= 0.3 is 5.51 Å². The smallest absolute Gasteiger partial charge is 0.258 e. The van der Waals surface area contributed by atoms with Crippen LogP contribution in [0.1, 0.15) is 0 Å². The molecule has 0 N–H and O–H groups in total. The van der Waals surface area contributed by atoms with Crippen molar-refractivity contribution in [3.8, 4) is 0 Å². The molecule has 15 heavy (non-hydrogen) atoms. The molecular weight excluding hydrogens is 255 g/mol. The van der Waals surface area contributed by atoms with Crippen LogP contribution in [0.15, 0.2) is 23.1 Å². The van der Waals surface area contributed by atoms with Gasteiger partial charge in [0.15, 0.2) is 0 Å². The maximum absolute atomic E-state index is 12.0. The van der Waals surface area contributed by atoms with Gasteiger partial charge in [-0.15, -0.1) is 0 Å². The Bertz CT molecular complexity index is 396. The highest BCUT2D eigenvalue weighted by Gasteiger charge is 2.30. The lowest BCUT2D eigenvalue weighted by atomic mass is 10.3. The number of nitro groups is 1. The van der Waals surface area contributed by atoms with Crippen molar-refractivity contribution >= 4 is 29.1 Å². The number of nitro benzene ring substituents is 1. The van der Waals surface area contributed by atoms with Crippen molar-refractivity contribution in [3.63, 3.8) is 0 Å². The zero-order chi connectivity index (χ0) is 11.6. The van der Waals surface area contributed by atoms with Gasteiger partial charge in [0.25, 0.3) is 5.69 Å². The molecule has 0 unspecified atom stereocenters. The van der Waals surface area contributed by atoms with Gasteiger partial charge in [-0.05, 0) is 17.8 Å². The molecule has 1 aromatic carbocycles. The Balaban J connectivity index is 3.04. The first-order chi connectivity index (χ1) is 6.78. The molecule has 0 spiro atoms. The predicted octanol–water partition coefficient (Wildman–Crippen LogP) is 3.86. The third-order valence-corrected chi connectivity index (χ3v) is 2.22. The molecule has 0 aliphatic carbocycles. The number of rotatable bonds is 2. The number of non-ortho nitro benzene ring substituents is 1. The standard InChI is InChI=1S/C7H3ClF3NO2S/c8-4-1-5(12(13)14)3-6(2-4)15-7(9,10)11/h1-3H. The Labute approximate surface area is 91.4 Å². The lowest BCUT2D eigenvalue weighted by Crippen LogP contribution is -1.99. The minimum Gasteiger partial charge on any atom is -0.258 e. The molecular formula is C7H3ClF3NO2S. The fourth-order valence-corrected chi connectivity index (χ4v) is 1.77. The van der Waals surface area contributed by atoms with Crippen LogP contribution in [0, 0.1) is 10.1 Å². The number of benzene rings is 1. The predicted molar refractivity (Wildman–Crippen MR) is 50.0 cm³/mol. The quantitative estimate of drug-likeness (QED) is 0.459. The minimum absolute atomic E-state index is 0.101. The summed E-state index contributed by atoms with van der Waals surface area (Å²) in [6.07, 6.45) is 0. The normalized spacial score (nSPS) is 11.5. The molecule has 1 rings (SSSR count). The van der Waals surface area contributed by atoms with Gasteiger partial charge in [0.05, 0.1) is 4.92 Å². The highest BCUT2D eigenvalue weighted by Crippen LogP contribution is 2.39. The van der Waals surface area contributed by atoms with E-state index in [0.29, 0.717) is 0 Å². The van der Waals surface area contributed by atoms with Gasteiger partial charge in [-0.1, -0.05) is 11.6 Å². The summed E-state index contributed by atoms with van der Waals surface area (Å²) >= 11 is 5.00. The SMILES string of the molecule is O=[N+]([O-])c1cc(Cl)cc(SC(F)(F)F)c1. The van der Waals surface area contributed by atoms with Crippen LogP contribution in [0.3, 0.4) is 0 Å². The first-order valence-corrected chi connectivity index (χ1v) is 4.68. The molecule has 0 bridgehead atoms. The van der Waals surface area contributed by atoms with Crippen LogP contribution in [0.2, 0.25) is 5.02 Å². The van der Waals surface area contributed by atoms with Crippen molar-refractivity contribution in [1.82, 2.24) is 0 Å². The highest BCUT2D eigenvalue weighted by molar-refractivity contribution is 8.00. The van der Waals surface area contributed by atoms with Gasteiger partial charge in [0, 0.05) is 22.1 Å². The Morgan fingerprint density at radius 2 is 1.93 bits per heavy atom. The summed E-state index contributed by atoms with van der Waals surface area (Å²) in [5, 5.41) is 10.2. The van der Waals surface area contributed by atoms with E-state index in [1.54, 1.807) is 0 Å². The molecule has 0 atom stereocenters. The molecule has 0 aliphatic heterocycles. The van der Waals surface area contributed by atoms with Crippen LogP contribution >= 0.6 is 23.4 Å².